The van der Waals surface area contributed by atoms with Gasteiger partial charge in [-0.3, -0.25) is 9.59 Å². The number of rotatable bonds is 6. The lowest BCUT2D eigenvalue weighted by molar-refractivity contribution is 0.0983. The number of ether oxygens (including phenoxy) is 2. The Labute approximate surface area is 214 Å². The zero-order valence-corrected chi connectivity index (χ0v) is 21.5. The second-order valence-electron chi connectivity index (χ2n) is 8.79. The monoisotopic (exact) mass is 496 g/mol. The molecule has 5 aromatic rings. The van der Waals surface area contributed by atoms with Gasteiger partial charge in [-0.05, 0) is 44.2 Å². The summed E-state index contributed by atoms with van der Waals surface area (Å²) in [6.45, 7) is 4.20. The third-order valence-corrected chi connectivity index (χ3v) is 6.66. The molecule has 0 fully saturated rings. The van der Waals surface area contributed by atoms with Crippen molar-refractivity contribution in [3.8, 4) is 17.2 Å². The standard InChI is InChI=1S/C29H28N4O4/c1-6-32(23-17-20(36-4)15-16-24(23)37-5)28(34)26-25-21-9-7-8-10-22(21)31(3)27(25)29(35)33(30-26)19-13-11-18(2)12-14-19/h7-17H,6H2,1-5H3. The van der Waals surface area contributed by atoms with E-state index in [2.05, 4.69) is 5.10 Å². The molecule has 188 valence electrons. The summed E-state index contributed by atoms with van der Waals surface area (Å²) in [6, 6.07) is 20.4. The van der Waals surface area contributed by atoms with Crippen LogP contribution in [0.1, 0.15) is 23.0 Å². The number of hydrogen-bond acceptors (Lipinski definition) is 5. The molecule has 2 heterocycles. The predicted octanol–water partition coefficient (Wildman–Crippen LogP) is 4.87. The molecule has 0 aliphatic carbocycles. The van der Waals surface area contributed by atoms with Crippen LogP contribution in [0, 0.1) is 6.92 Å². The highest BCUT2D eigenvalue weighted by molar-refractivity contribution is 6.20. The predicted molar refractivity (Wildman–Crippen MR) is 145 cm³/mol. The van der Waals surface area contributed by atoms with Crippen molar-refractivity contribution in [1.29, 1.82) is 0 Å². The molecule has 2 aromatic heterocycles. The molecule has 0 unspecified atom stereocenters. The molecule has 0 N–H and O–H groups in total. The molecule has 8 nitrogen and oxygen atoms in total. The Morgan fingerprint density at radius 3 is 2.41 bits per heavy atom. The first-order valence-corrected chi connectivity index (χ1v) is 12.0. The topological polar surface area (TPSA) is 78.6 Å². The van der Waals surface area contributed by atoms with Crippen molar-refractivity contribution in [3.63, 3.8) is 0 Å². The molecule has 0 radical (unpaired) electrons. The molecule has 0 aliphatic rings. The first-order valence-electron chi connectivity index (χ1n) is 12.0. The number of fused-ring (bicyclic) bond motifs is 3. The third kappa shape index (κ3) is 3.91. The quantitative estimate of drug-likeness (QED) is 0.335. The van der Waals surface area contributed by atoms with Crippen LogP contribution in [0.5, 0.6) is 11.5 Å². The Morgan fingerprint density at radius 1 is 1.00 bits per heavy atom. The molecule has 0 atom stereocenters. The summed E-state index contributed by atoms with van der Waals surface area (Å²) in [4.78, 5) is 29.7. The van der Waals surface area contributed by atoms with Crippen molar-refractivity contribution < 1.29 is 14.3 Å². The number of nitrogens with zero attached hydrogens (tertiary/aromatic N) is 4. The van der Waals surface area contributed by atoms with E-state index in [1.165, 1.54) is 4.68 Å². The number of carbonyl (C=O) groups excluding carboxylic acids is 1. The number of aromatic nitrogens is 3. The molecule has 0 bridgehead atoms. The maximum atomic E-state index is 14.3. The van der Waals surface area contributed by atoms with Gasteiger partial charge in [0, 0.05) is 35.9 Å². The number of para-hydroxylation sites is 1. The summed E-state index contributed by atoms with van der Waals surface area (Å²) in [5.41, 5.74) is 3.33. The summed E-state index contributed by atoms with van der Waals surface area (Å²) >= 11 is 0. The van der Waals surface area contributed by atoms with Crippen molar-refractivity contribution >= 4 is 33.4 Å². The fourth-order valence-electron chi connectivity index (χ4n) is 4.75. The highest BCUT2D eigenvalue weighted by Gasteiger charge is 2.28. The Balaban J connectivity index is 1.83. The van der Waals surface area contributed by atoms with Gasteiger partial charge >= 0.3 is 0 Å². The molecular formula is C29H28N4O4. The van der Waals surface area contributed by atoms with E-state index in [4.69, 9.17) is 9.47 Å². The Morgan fingerprint density at radius 2 is 1.73 bits per heavy atom. The number of carbonyl (C=O) groups is 1. The molecule has 0 saturated heterocycles. The lowest BCUT2D eigenvalue weighted by Crippen LogP contribution is -2.34. The van der Waals surface area contributed by atoms with Crippen LogP contribution < -0.4 is 19.9 Å². The van der Waals surface area contributed by atoms with Crippen molar-refractivity contribution in [2.24, 2.45) is 7.05 Å². The average Bonchev–Trinajstić information content (AvgIpc) is 3.23. The van der Waals surface area contributed by atoms with Crippen molar-refractivity contribution in [3.05, 3.63) is 88.3 Å². The molecule has 0 aliphatic heterocycles. The maximum absolute atomic E-state index is 14.3. The number of anilines is 1. The minimum atomic E-state index is -0.351. The summed E-state index contributed by atoms with van der Waals surface area (Å²) < 4.78 is 14.1. The number of hydrogen-bond donors (Lipinski definition) is 0. The minimum absolute atomic E-state index is 0.179. The SMILES string of the molecule is CCN(C(=O)c1nn(-c2ccc(C)cc2)c(=O)c2c1c1ccccc1n2C)c1cc(OC)ccc1OC. The second-order valence-corrected chi connectivity index (χ2v) is 8.79. The fourth-order valence-corrected chi connectivity index (χ4v) is 4.75. The largest absolute Gasteiger partial charge is 0.497 e. The number of benzene rings is 3. The minimum Gasteiger partial charge on any atom is -0.497 e. The van der Waals surface area contributed by atoms with Gasteiger partial charge in [-0.15, -0.1) is 0 Å². The van der Waals surface area contributed by atoms with Crippen LogP contribution in [0.3, 0.4) is 0 Å². The van der Waals surface area contributed by atoms with E-state index in [1.807, 2.05) is 74.0 Å². The summed E-state index contributed by atoms with van der Waals surface area (Å²) in [5.74, 6) is 0.767. The second kappa shape index (κ2) is 9.46. The van der Waals surface area contributed by atoms with Crippen LogP contribution in [0.4, 0.5) is 5.69 Å². The van der Waals surface area contributed by atoms with E-state index in [9.17, 15) is 9.59 Å². The molecule has 3 aromatic carbocycles. The summed E-state index contributed by atoms with van der Waals surface area (Å²) in [6.07, 6.45) is 0. The smallest absolute Gasteiger partial charge is 0.296 e. The van der Waals surface area contributed by atoms with E-state index >= 15 is 0 Å². The highest BCUT2D eigenvalue weighted by Crippen LogP contribution is 2.35. The van der Waals surface area contributed by atoms with E-state index < -0.39 is 0 Å². The lowest BCUT2D eigenvalue weighted by atomic mass is 10.1. The van der Waals surface area contributed by atoms with Crippen LogP contribution in [-0.4, -0.2) is 41.0 Å². The van der Waals surface area contributed by atoms with Crippen LogP contribution in [-0.2, 0) is 7.05 Å². The van der Waals surface area contributed by atoms with Crippen molar-refractivity contribution in [1.82, 2.24) is 14.3 Å². The Kier molecular flexibility index (Phi) is 6.17. The van der Waals surface area contributed by atoms with Gasteiger partial charge in [-0.25, -0.2) is 0 Å². The van der Waals surface area contributed by atoms with Crippen LogP contribution >= 0.6 is 0 Å². The third-order valence-electron chi connectivity index (χ3n) is 6.66. The Bertz CT molecular complexity index is 1700. The van der Waals surface area contributed by atoms with Gasteiger partial charge in [0.25, 0.3) is 11.5 Å². The average molecular weight is 497 g/mol. The highest BCUT2D eigenvalue weighted by atomic mass is 16.5. The van der Waals surface area contributed by atoms with Crippen molar-refractivity contribution in [2.45, 2.75) is 13.8 Å². The van der Waals surface area contributed by atoms with Gasteiger partial charge in [0.15, 0.2) is 5.69 Å². The molecule has 37 heavy (non-hydrogen) atoms. The molecule has 1 amide bonds. The number of aryl methyl sites for hydroxylation is 2. The van der Waals surface area contributed by atoms with Crippen LogP contribution in [0.15, 0.2) is 71.5 Å². The van der Waals surface area contributed by atoms with E-state index in [1.54, 1.807) is 37.3 Å². The molecule has 0 spiro atoms. The van der Waals surface area contributed by atoms with Gasteiger partial charge in [0.1, 0.15) is 17.0 Å². The first-order chi connectivity index (χ1) is 17.9. The fraction of sp³-hybridized carbons (Fsp3) is 0.207. The van der Waals surface area contributed by atoms with Crippen molar-refractivity contribution in [2.75, 3.05) is 25.7 Å². The van der Waals surface area contributed by atoms with Gasteiger partial charge in [-0.2, -0.15) is 9.78 Å². The van der Waals surface area contributed by atoms with E-state index in [0.717, 1.165) is 16.5 Å². The zero-order chi connectivity index (χ0) is 26.3. The molecule has 8 heteroatoms. The normalized spacial score (nSPS) is 11.2. The molecule has 0 saturated carbocycles. The van der Waals surface area contributed by atoms with Gasteiger partial charge < -0.3 is 18.9 Å². The summed E-state index contributed by atoms with van der Waals surface area (Å²) in [7, 11) is 4.97. The lowest BCUT2D eigenvalue weighted by Gasteiger charge is -2.24. The van der Waals surface area contributed by atoms with Gasteiger partial charge in [-0.1, -0.05) is 35.9 Å². The Hall–Kier alpha value is -4.59. The first kappa shape index (κ1) is 24.1. The summed E-state index contributed by atoms with van der Waals surface area (Å²) in [5, 5.41) is 6.00. The van der Waals surface area contributed by atoms with E-state index in [0.29, 0.717) is 40.3 Å². The zero-order valence-electron chi connectivity index (χ0n) is 21.5. The van der Waals surface area contributed by atoms with Crippen LogP contribution in [0.25, 0.3) is 27.5 Å². The molecule has 5 rings (SSSR count). The number of amides is 1. The maximum Gasteiger partial charge on any atom is 0.296 e. The molecular weight excluding hydrogens is 468 g/mol. The van der Waals surface area contributed by atoms with Crippen LogP contribution in [0.2, 0.25) is 0 Å². The van der Waals surface area contributed by atoms with Gasteiger partial charge in [0.05, 0.1) is 25.6 Å². The van der Waals surface area contributed by atoms with E-state index in [-0.39, 0.29) is 17.2 Å². The van der Waals surface area contributed by atoms with Gasteiger partial charge in [0.2, 0.25) is 0 Å². The number of methoxy groups -OCH3 is 2.